The summed E-state index contributed by atoms with van der Waals surface area (Å²) in [5.41, 5.74) is 0.952. The third-order valence-corrected chi connectivity index (χ3v) is 6.79. The van der Waals surface area contributed by atoms with Crippen LogP contribution in [0.3, 0.4) is 0 Å². The molecule has 1 saturated heterocycles. The van der Waals surface area contributed by atoms with Crippen molar-refractivity contribution in [3.63, 3.8) is 0 Å². The van der Waals surface area contributed by atoms with E-state index in [4.69, 9.17) is 4.74 Å². The number of nitriles is 1. The van der Waals surface area contributed by atoms with Gasteiger partial charge in [-0.2, -0.15) is 5.26 Å². The molecule has 174 valence electrons. The van der Waals surface area contributed by atoms with Gasteiger partial charge in [-0.1, -0.05) is 18.2 Å². The van der Waals surface area contributed by atoms with Crippen molar-refractivity contribution in [2.24, 2.45) is 5.92 Å². The summed E-state index contributed by atoms with van der Waals surface area (Å²) in [6.07, 6.45) is 1.54. The molecular formula is C23H26N4O5S. The van der Waals surface area contributed by atoms with Crippen molar-refractivity contribution in [1.29, 1.82) is 5.26 Å². The molecule has 3 rings (SSSR count). The number of nitrogens with zero attached hydrogens (tertiary/aromatic N) is 3. The third-order valence-electron chi connectivity index (χ3n) is 5.40. The highest BCUT2D eigenvalue weighted by Crippen LogP contribution is 2.28. The Morgan fingerprint density at radius 1 is 1.30 bits per heavy atom. The number of rotatable bonds is 7. The number of nitrogens with one attached hydrogen (secondary N) is 1. The number of esters is 1. The van der Waals surface area contributed by atoms with Gasteiger partial charge in [0.05, 0.1) is 28.3 Å². The molecule has 0 saturated carbocycles. The molecule has 1 aromatic carbocycles. The number of aryl methyl sites for hydroxylation is 1. The molecule has 2 aromatic rings. The van der Waals surface area contributed by atoms with E-state index in [1.54, 1.807) is 32.0 Å². The van der Waals surface area contributed by atoms with Crippen LogP contribution < -0.4 is 9.62 Å². The number of hydrogen-bond donors (Lipinski definition) is 1. The molecule has 1 aromatic heterocycles. The zero-order valence-corrected chi connectivity index (χ0v) is 19.4. The van der Waals surface area contributed by atoms with Gasteiger partial charge in [0.1, 0.15) is 11.9 Å². The molecule has 33 heavy (non-hydrogen) atoms. The lowest BCUT2D eigenvalue weighted by Crippen LogP contribution is -2.40. The SMILES string of the molecule is CCOC(=O)c1cc(C#N)c(N2CCCC(CC(=O)NS(=O)(=O)c3ccccc3)C2)nc1C. The van der Waals surface area contributed by atoms with E-state index in [2.05, 4.69) is 15.8 Å². The first-order chi connectivity index (χ1) is 15.7. The normalized spacial score (nSPS) is 16.0. The average molecular weight is 471 g/mol. The lowest BCUT2D eigenvalue weighted by Gasteiger charge is -2.34. The zero-order chi connectivity index (χ0) is 24.0. The predicted molar refractivity (Wildman–Crippen MR) is 121 cm³/mol. The van der Waals surface area contributed by atoms with Crippen molar-refractivity contribution < 1.29 is 22.7 Å². The molecule has 1 aliphatic heterocycles. The number of amides is 1. The molecular weight excluding hydrogens is 444 g/mol. The Labute approximate surface area is 193 Å². The fourth-order valence-corrected chi connectivity index (χ4v) is 4.88. The van der Waals surface area contributed by atoms with Gasteiger partial charge >= 0.3 is 5.97 Å². The van der Waals surface area contributed by atoms with E-state index >= 15 is 0 Å². The van der Waals surface area contributed by atoms with Gasteiger partial charge in [0.25, 0.3) is 10.0 Å². The first-order valence-electron chi connectivity index (χ1n) is 10.7. The lowest BCUT2D eigenvalue weighted by atomic mass is 9.94. The molecule has 1 N–H and O–H groups in total. The van der Waals surface area contributed by atoms with Gasteiger partial charge in [0, 0.05) is 19.5 Å². The van der Waals surface area contributed by atoms with Crippen LogP contribution in [0.5, 0.6) is 0 Å². The molecule has 0 aliphatic carbocycles. The zero-order valence-electron chi connectivity index (χ0n) is 18.6. The van der Waals surface area contributed by atoms with Gasteiger partial charge < -0.3 is 9.64 Å². The van der Waals surface area contributed by atoms with E-state index in [1.165, 1.54) is 18.2 Å². The molecule has 1 unspecified atom stereocenters. The van der Waals surface area contributed by atoms with Crippen LogP contribution in [0.2, 0.25) is 0 Å². The first-order valence-corrected chi connectivity index (χ1v) is 12.2. The summed E-state index contributed by atoms with van der Waals surface area (Å²) in [6.45, 7) is 4.69. The minimum Gasteiger partial charge on any atom is -0.462 e. The number of pyridine rings is 1. The highest BCUT2D eigenvalue weighted by molar-refractivity contribution is 7.90. The summed E-state index contributed by atoms with van der Waals surface area (Å²) in [4.78, 5) is 31.0. The smallest absolute Gasteiger partial charge is 0.340 e. The van der Waals surface area contributed by atoms with Gasteiger partial charge in [-0.25, -0.2) is 22.9 Å². The van der Waals surface area contributed by atoms with Gasteiger partial charge in [0.2, 0.25) is 5.91 Å². The number of ether oxygens (including phenoxy) is 1. The minimum atomic E-state index is -3.92. The Morgan fingerprint density at radius 3 is 2.70 bits per heavy atom. The van der Waals surface area contributed by atoms with Gasteiger partial charge in [-0.05, 0) is 50.8 Å². The van der Waals surface area contributed by atoms with Crippen molar-refractivity contribution in [2.75, 3.05) is 24.6 Å². The molecule has 1 aliphatic rings. The molecule has 1 atom stereocenters. The molecule has 10 heteroatoms. The van der Waals surface area contributed by atoms with Crippen molar-refractivity contribution in [2.45, 2.75) is 38.0 Å². The van der Waals surface area contributed by atoms with Gasteiger partial charge in [0.15, 0.2) is 0 Å². The maximum Gasteiger partial charge on any atom is 0.340 e. The largest absolute Gasteiger partial charge is 0.462 e. The number of carbonyl (C=O) groups excluding carboxylic acids is 2. The van der Waals surface area contributed by atoms with E-state index < -0.39 is 21.9 Å². The van der Waals surface area contributed by atoms with Crippen LogP contribution >= 0.6 is 0 Å². The van der Waals surface area contributed by atoms with Crippen LogP contribution in [-0.4, -0.2) is 45.0 Å². The summed E-state index contributed by atoms with van der Waals surface area (Å²) < 4.78 is 32.0. The topological polar surface area (TPSA) is 129 Å². The lowest BCUT2D eigenvalue weighted by molar-refractivity contribution is -0.120. The van der Waals surface area contributed by atoms with Gasteiger partial charge in [-0.15, -0.1) is 0 Å². The molecule has 0 radical (unpaired) electrons. The summed E-state index contributed by atoms with van der Waals surface area (Å²) in [6, 6.07) is 11.3. The van der Waals surface area contributed by atoms with Crippen molar-refractivity contribution >= 4 is 27.7 Å². The number of aromatic nitrogens is 1. The third kappa shape index (κ3) is 5.87. The number of anilines is 1. The van der Waals surface area contributed by atoms with Crippen LogP contribution in [0.15, 0.2) is 41.3 Å². The van der Waals surface area contributed by atoms with Gasteiger partial charge in [-0.3, -0.25) is 4.79 Å². The second-order valence-corrected chi connectivity index (χ2v) is 9.51. The quantitative estimate of drug-likeness (QED) is 0.611. The highest BCUT2D eigenvalue weighted by Gasteiger charge is 2.27. The Hall–Kier alpha value is -3.45. The van der Waals surface area contributed by atoms with Crippen LogP contribution in [0.4, 0.5) is 5.82 Å². The average Bonchev–Trinajstić information content (AvgIpc) is 2.79. The maximum absolute atomic E-state index is 12.5. The van der Waals surface area contributed by atoms with Crippen LogP contribution in [0.1, 0.15) is 47.8 Å². The number of sulfonamides is 1. The van der Waals surface area contributed by atoms with E-state index in [-0.39, 0.29) is 35.0 Å². The second-order valence-electron chi connectivity index (χ2n) is 7.82. The molecule has 9 nitrogen and oxygen atoms in total. The minimum absolute atomic E-state index is 0.0312. The molecule has 2 heterocycles. The number of benzene rings is 1. The van der Waals surface area contributed by atoms with Crippen LogP contribution in [-0.2, 0) is 19.6 Å². The first kappa shape index (κ1) is 24.2. The van der Waals surface area contributed by atoms with Crippen molar-refractivity contribution in [3.05, 3.63) is 53.2 Å². The fourth-order valence-electron chi connectivity index (χ4n) is 3.87. The number of piperidine rings is 1. The summed E-state index contributed by atoms with van der Waals surface area (Å²) in [5.74, 6) is -0.764. The highest BCUT2D eigenvalue weighted by atomic mass is 32.2. The Kier molecular flexibility index (Phi) is 7.66. The second kappa shape index (κ2) is 10.4. The fraction of sp³-hybridized carbons (Fsp3) is 0.391. The number of hydrogen-bond acceptors (Lipinski definition) is 8. The van der Waals surface area contributed by atoms with Crippen molar-refractivity contribution in [1.82, 2.24) is 9.71 Å². The maximum atomic E-state index is 12.5. The number of carbonyl (C=O) groups is 2. The summed E-state index contributed by atoms with van der Waals surface area (Å²) in [7, 11) is -3.92. The van der Waals surface area contributed by atoms with Crippen molar-refractivity contribution in [3.8, 4) is 6.07 Å². The van der Waals surface area contributed by atoms with Crippen LogP contribution in [0.25, 0.3) is 0 Å². The molecule has 1 amide bonds. The van der Waals surface area contributed by atoms with E-state index in [0.29, 0.717) is 24.6 Å². The van der Waals surface area contributed by atoms with E-state index in [0.717, 1.165) is 12.8 Å². The molecule has 1 fully saturated rings. The standard InChI is InChI=1S/C23H26N4O5S/c1-3-32-23(29)20-13-18(14-24)22(25-16(20)2)27-11-7-8-17(15-27)12-21(28)26-33(30,31)19-9-5-4-6-10-19/h4-6,9-10,13,17H,3,7-8,11-12,15H2,1-2H3,(H,26,28). The summed E-state index contributed by atoms with van der Waals surface area (Å²) in [5, 5.41) is 9.62. The molecule has 0 bridgehead atoms. The van der Waals surface area contributed by atoms with Crippen LogP contribution in [0, 0.1) is 24.2 Å². The Bertz CT molecular complexity index is 1180. The molecule has 0 spiro atoms. The summed E-state index contributed by atoms with van der Waals surface area (Å²) >= 11 is 0. The predicted octanol–water partition coefficient (Wildman–Crippen LogP) is 2.55. The Balaban J connectivity index is 1.72. The van der Waals surface area contributed by atoms with E-state index in [1.807, 2.05) is 4.90 Å². The Morgan fingerprint density at radius 2 is 2.03 bits per heavy atom. The van der Waals surface area contributed by atoms with E-state index in [9.17, 15) is 23.3 Å². The monoisotopic (exact) mass is 470 g/mol.